The smallest absolute Gasteiger partial charge is 0.123 e. The van der Waals surface area contributed by atoms with E-state index in [0.717, 1.165) is 36.6 Å². The molecule has 1 aromatic heterocycles. The highest BCUT2D eigenvalue weighted by molar-refractivity contribution is 5.82. The molecule has 22 heavy (non-hydrogen) atoms. The second kappa shape index (κ2) is 6.41. The average Bonchev–Trinajstić information content (AvgIpc) is 2.54. The lowest BCUT2D eigenvalue weighted by Crippen LogP contribution is -2.32. The van der Waals surface area contributed by atoms with Crippen LogP contribution in [0.4, 0.5) is 4.39 Å². The molecule has 3 nitrogen and oxygen atoms in total. The Kier molecular flexibility index (Phi) is 4.35. The summed E-state index contributed by atoms with van der Waals surface area (Å²) >= 11 is 0. The van der Waals surface area contributed by atoms with E-state index >= 15 is 0 Å². The van der Waals surface area contributed by atoms with Crippen molar-refractivity contribution in [3.05, 3.63) is 41.8 Å². The Morgan fingerprint density at radius 2 is 2.05 bits per heavy atom. The molecule has 0 spiro atoms. The van der Waals surface area contributed by atoms with Crippen LogP contribution in [0, 0.1) is 23.1 Å². The van der Waals surface area contributed by atoms with E-state index in [9.17, 15) is 4.39 Å². The van der Waals surface area contributed by atoms with Gasteiger partial charge >= 0.3 is 0 Å². The van der Waals surface area contributed by atoms with Gasteiger partial charge in [0.25, 0.3) is 0 Å². The van der Waals surface area contributed by atoms with Gasteiger partial charge in [-0.25, -0.2) is 4.39 Å². The molecule has 1 heterocycles. The maximum absolute atomic E-state index is 13.6. The molecule has 1 unspecified atom stereocenters. The minimum atomic E-state index is -0.216. The number of nitrogens with zero attached hydrogens (tertiary/aromatic N) is 2. The molecule has 0 amide bonds. The number of benzene rings is 1. The molecule has 114 valence electrons. The quantitative estimate of drug-likeness (QED) is 0.934. The van der Waals surface area contributed by atoms with Crippen LogP contribution in [-0.2, 0) is 0 Å². The van der Waals surface area contributed by atoms with E-state index in [1.807, 2.05) is 12.3 Å². The Balaban J connectivity index is 1.79. The molecule has 0 saturated heterocycles. The Morgan fingerprint density at radius 1 is 1.27 bits per heavy atom. The predicted octanol–water partition coefficient (Wildman–Crippen LogP) is 3.89. The van der Waals surface area contributed by atoms with Crippen molar-refractivity contribution in [1.29, 1.82) is 5.26 Å². The molecule has 4 heteroatoms. The molecule has 0 aliphatic heterocycles. The standard InChI is InChI=1S/C18H20FN3/c19-14-5-6-18-16(11-14)15(8-10-22-18)12-1-3-13(4-2-12)17(21)7-9-20/h5-6,8,10-13,17H,1-4,7,21H2. The van der Waals surface area contributed by atoms with Gasteiger partial charge in [0.1, 0.15) is 5.82 Å². The van der Waals surface area contributed by atoms with Crippen LogP contribution in [0.5, 0.6) is 0 Å². The van der Waals surface area contributed by atoms with Gasteiger partial charge in [0, 0.05) is 17.6 Å². The van der Waals surface area contributed by atoms with Crippen molar-refractivity contribution >= 4 is 10.9 Å². The molecule has 0 radical (unpaired) electrons. The fourth-order valence-electron chi connectivity index (χ4n) is 3.63. The van der Waals surface area contributed by atoms with E-state index in [1.54, 1.807) is 12.1 Å². The van der Waals surface area contributed by atoms with Gasteiger partial charge in [-0.15, -0.1) is 0 Å². The highest BCUT2D eigenvalue weighted by Crippen LogP contribution is 2.39. The number of nitriles is 1. The highest BCUT2D eigenvalue weighted by Gasteiger charge is 2.27. The third-order valence-corrected chi connectivity index (χ3v) is 4.88. The summed E-state index contributed by atoms with van der Waals surface area (Å²) in [6, 6.07) is 8.95. The summed E-state index contributed by atoms with van der Waals surface area (Å²) in [4.78, 5) is 4.32. The van der Waals surface area contributed by atoms with Crippen molar-refractivity contribution in [2.45, 2.75) is 44.1 Å². The van der Waals surface area contributed by atoms with Crippen LogP contribution in [0.25, 0.3) is 10.9 Å². The molecule has 2 N–H and O–H groups in total. The molecule has 2 aromatic rings. The van der Waals surface area contributed by atoms with E-state index in [0.29, 0.717) is 18.3 Å². The van der Waals surface area contributed by atoms with Crippen LogP contribution in [0.2, 0.25) is 0 Å². The zero-order valence-corrected chi connectivity index (χ0v) is 12.5. The van der Waals surface area contributed by atoms with E-state index in [2.05, 4.69) is 11.1 Å². The second-order valence-corrected chi connectivity index (χ2v) is 6.20. The lowest BCUT2D eigenvalue weighted by atomic mass is 9.75. The van der Waals surface area contributed by atoms with E-state index in [-0.39, 0.29) is 11.9 Å². The van der Waals surface area contributed by atoms with Crippen LogP contribution in [-0.4, -0.2) is 11.0 Å². The Hall–Kier alpha value is -1.99. The molecule has 1 aliphatic carbocycles. The maximum atomic E-state index is 13.6. The molecule has 1 atom stereocenters. The van der Waals surface area contributed by atoms with E-state index in [4.69, 9.17) is 11.0 Å². The summed E-state index contributed by atoms with van der Waals surface area (Å²) in [5.41, 5.74) is 8.11. The SMILES string of the molecule is N#CCC(N)C1CCC(c2ccnc3ccc(F)cc23)CC1. The number of rotatable bonds is 3. The van der Waals surface area contributed by atoms with Gasteiger partial charge in [-0.1, -0.05) is 0 Å². The van der Waals surface area contributed by atoms with Gasteiger partial charge in [0.15, 0.2) is 0 Å². The Labute approximate surface area is 130 Å². The minimum absolute atomic E-state index is 0.0161. The normalized spacial score (nSPS) is 23.1. The van der Waals surface area contributed by atoms with Crippen molar-refractivity contribution in [3.8, 4) is 6.07 Å². The van der Waals surface area contributed by atoms with E-state index < -0.39 is 0 Å². The fourth-order valence-corrected chi connectivity index (χ4v) is 3.63. The van der Waals surface area contributed by atoms with Crippen molar-refractivity contribution in [2.24, 2.45) is 11.7 Å². The number of fused-ring (bicyclic) bond motifs is 1. The summed E-state index contributed by atoms with van der Waals surface area (Å²) in [7, 11) is 0. The number of nitrogens with two attached hydrogens (primary N) is 1. The Morgan fingerprint density at radius 3 is 2.77 bits per heavy atom. The largest absolute Gasteiger partial charge is 0.327 e. The fraction of sp³-hybridized carbons (Fsp3) is 0.444. The van der Waals surface area contributed by atoms with Crippen molar-refractivity contribution in [2.75, 3.05) is 0 Å². The third-order valence-electron chi connectivity index (χ3n) is 4.88. The zero-order valence-electron chi connectivity index (χ0n) is 12.5. The van der Waals surface area contributed by atoms with Crippen LogP contribution in [0.1, 0.15) is 43.6 Å². The van der Waals surface area contributed by atoms with Gasteiger partial charge in [0.2, 0.25) is 0 Å². The lowest BCUT2D eigenvalue weighted by molar-refractivity contribution is 0.284. The molecule has 0 bridgehead atoms. The highest BCUT2D eigenvalue weighted by atomic mass is 19.1. The van der Waals surface area contributed by atoms with Crippen molar-refractivity contribution in [3.63, 3.8) is 0 Å². The molecule has 1 aliphatic rings. The predicted molar refractivity (Wildman–Crippen MR) is 84.6 cm³/mol. The topological polar surface area (TPSA) is 62.7 Å². The summed E-state index contributed by atoms with van der Waals surface area (Å²) in [5, 5.41) is 9.69. The van der Waals surface area contributed by atoms with Crippen LogP contribution >= 0.6 is 0 Å². The van der Waals surface area contributed by atoms with Gasteiger partial charge in [-0.3, -0.25) is 4.98 Å². The summed E-state index contributed by atoms with van der Waals surface area (Å²) < 4.78 is 13.6. The van der Waals surface area contributed by atoms with Gasteiger partial charge in [-0.2, -0.15) is 5.26 Å². The third kappa shape index (κ3) is 2.95. The number of hydrogen-bond donors (Lipinski definition) is 1. The van der Waals surface area contributed by atoms with Crippen molar-refractivity contribution < 1.29 is 4.39 Å². The number of halogens is 1. The van der Waals surface area contributed by atoms with E-state index in [1.165, 1.54) is 11.6 Å². The maximum Gasteiger partial charge on any atom is 0.123 e. The lowest BCUT2D eigenvalue weighted by Gasteiger charge is -2.32. The summed E-state index contributed by atoms with van der Waals surface area (Å²) in [6.07, 6.45) is 6.39. The van der Waals surface area contributed by atoms with Crippen LogP contribution < -0.4 is 5.73 Å². The Bertz CT molecular complexity index is 699. The molecule has 1 saturated carbocycles. The number of aromatic nitrogens is 1. The number of pyridine rings is 1. The minimum Gasteiger partial charge on any atom is -0.327 e. The van der Waals surface area contributed by atoms with Gasteiger partial charge in [-0.05, 0) is 67.3 Å². The molecule has 1 aromatic carbocycles. The van der Waals surface area contributed by atoms with Crippen LogP contribution in [0.3, 0.4) is 0 Å². The monoisotopic (exact) mass is 297 g/mol. The van der Waals surface area contributed by atoms with Crippen molar-refractivity contribution in [1.82, 2.24) is 4.98 Å². The first kappa shape index (κ1) is 14.9. The van der Waals surface area contributed by atoms with Gasteiger partial charge in [0.05, 0.1) is 18.0 Å². The first-order chi connectivity index (χ1) is 10.7. The zero-order chi connectivity index (χ0) is 15.5. The first-order valence-corrected chi connectivity index (χ1v) is 7.85. The number of hydrogen-bond acceptors (Lipinski definition) is 3. The first-order valence-electron chi connectivity index (χ1n) is 7.85. The molecule has 3 rings (SSSR count). The summed E-state index contributed by atoms with van der Waals surface area (Å²) in [6.45, 7) is 0. The summed E-state index contributed by atoms with van der Waals surface area (Å²) in [5.74, 6) is 0.644. The molecular weight excluding hydrogens is 277 g/mol. The second-order valence-electron chi connectivity index (χ2n) is 6.20. The molecule has 1 fully saturated rings. The van der Waals surface area contributed by atoms with Gasteiger partial charge < -0.3 is 5.73 Å². The van der Waals surface area contributed by atoms with Crippen LogP contribution in [0.15, 0.2) is 30.5 Å². The average molecular weight is 297 g/mol. The molecular formula is C18H20FN3.